The smallest absolute Gasteiger partial charge is 0.255 e. The molecule has 27 heavy (non-hydrogen) atoms. The van der Waals surface area contributed by atoms with E-state index in [4.69, 9.17) is 4.42 Å². The largest absolute Gasteiger partial charge is 0.456 e. The maximum atomic E-state index is 12.9. The molecule has 1 aliphatic rings. The van der Waals surface area contributed by atoms with Crippen LogP contribution in [0.25, 0.3) is 0 Å². The molecule has 1 amide bonds. The van der Waals surface area contributed by atoms with Crippen LogP contribution in [0.2, 0.25) is 0 Å². The normalized spacial score (nSPS) is 12.6. The highest BCUT2D eigenvalue weighted by molar-refractivity contribution is 6.30. The summed E-state index contributed by atoms with van der Waals surface area (Å²) >= 11 is 0. The van der Waals surface area contributed by atoms with E-state index in [1.165, 1.54) is 0 Å². The molecule has 136 valence electrons. The van der Waals surface area contributed by atoms with Gasteiger partial charge in [-0.15, -0.1) is 0 Å². The molecule has 0 saturated carbocycles. The fourth-order valence-electron chi connectivity index (χ4n) is 3.30. The topological polar surface area (TPSA) is 94.2 Å². The second kappa shape index (κ2) is 6.68. The zero-order valence-electron chi connectivity index (χ0n) is 14.7. The van der Waals surface area contributed by atoms with Crippen LogP contribution in [0, 0.1) is 6.92 Å². The standard InChI is InChI=1S/C20H17N3O4/c1-12-15(20(26)22-7-4-9-23-10-8-21-11-23)16-17(24)13-5-2-3-6-14(13)18(25)19(16)27-12/h2-3,5-6,8,10-11H,4,7,9H2,1H3,(H,22,26). The number of ketones is 2. The Balaban J connectivity index is 1.56. The van der Waals surface area contributed by atoms with Gasteiger partial charge < -0.3 is 14.3 Å². The van der Waals surface area contributed by atoms with Crippen molar-refractivity contribution >= 4 is 17.5 Å². The van der Waals surface area contributed by atoms with Gasteiger partial charge in [0.25, 0.3) is 5.91 Å². The third-order valence-electron chi connectivity index (χ3n) is 4.60. The van der Waals surface area contributed by atoms with Gasteiger partial charge in [-0.1, -0.05) is 24.3 Å². The van der Waals surface area contributed by atoms with Gasteiger partial charge >= 0.3 is 0 Å². The first-order valence-electron chi connectivity index (χ1n) is 8.63. The van der Waals surface area contributed by atoms with Crippen molar-refractivity contribution in [3.8, 4) is 0 Å². The minimum Gasteiger partial charge on any atom is -0.456 e. The molecular formula is C20H17N3O4. The second-order valence-corrected chi connectivity index (χ2v) is 6.35. The molecule has 0 fully saturated rings. The first kappa shape index (κ1) is 17.0. The molecule has 7 heteroatoms. The van der Waals surface area contributed by atoms with Crippen LogP contribution in [0.1, 0.15) is 54.6 Å². The fourth-order valence-corrected chi connectivity index (χ4v) is 3.30. The van der Waals surface area contributed by atoms with Gasteiger partial charge in [-0.25, -0.2) is 4.98 Å². The summed E-state index contributed by atoms with van der Waals surface area (Å²) in [7, 11) is 0. The molecule has 0 atom stereocenters. The lowest BCUT2D eigenvalue weighted by molar-refractivity contribution is 0.0937. The van der Waals surface area contributed by atoms with Gasteiger partial charge in [-0.05, 0) is 13.3 Å². The predicted octanol–water partition coefficient (Wildman–Crippen LogP) is 2.38. The molecule has 0 aliphatic heterocycles. The minimum atomic E-state index is -0.413. The molecule has 0 bridgehead atoms. The van der Waals surface area contributed by atoms with Crippen molar-refractivity contribution in [1.82, 2.24) is 14.9 Å². The van der Waals surface area contributed by atoms with E-state index in [0.717, 1.165) is 0 Å². The van der Waals surface area contributed by atoms with Crippen LogP contribution in [0.15, 0.2) is 47.4 Å². The number of fused-ring (bicyclic) bond motifs is 2. The van der Waals surface area contributed by atoms with Crippen LogP contribution in [0.3, 0.4) is 0 Å². The number of amides is 1. The molecule has 0 unspecified atom stereocenters. The lowest BCUT2D eigenvalue weighted by Crippen LogP contribution is -2.28. The molecule has 7 nitrogen and oxygen atoms in total. The molecule has 1 aliphatic carbocycles. The molecule has 2 heterocycles. The molecule has 0 radical (unpaired) electrons. The van der Waals surface area contributed by atoms with E-state index < -0.39 is 5.91 Å². The Kier molecular flexibility index (Phi) is 4.19. The highest BCUT2D eigenvalue weighted by Gasteiger charge is 2.38. The van der Waals surface area contributed by atoms with Crippen molar-refractivity contribution in [3.63, 3.8) is 0 Å². The molecule has 2 aromatic heterocycles. The highest BCUT2D eigenvalue weighted by Crippen LogP contribution is 2.33. The lowest BCUT2D eigenvalue weighted by Gasteiger charge is -2.13. The fraction of sp³-hybridized carbons (Fsp3) is 0.200. The first-order chi connectivity index (χ1) is 13.1. The molecule has 3 aromatic rings. The Labute approximate surface area is 155 Å². The summed E-state index contributed by atoms with van der Waals surface area (Å²) < 4.78 is 7.43. The Morgan fingerprint density at radius 2 is 1.93 bits per heavy atom. The number of benzene rings is 1. The number of rotatable bonds is 5. The van der Waals surface area contributed by atoms with Gasteiger partial charge in [0.2, 0.25) is 5.78 Å². The maximum Gasteiger partial charge on any atom is 0.255 e. The van der Waals surface area contributed by atoms with Crippen molar-refractivity contribution in [1.29, 1.82) is 0 Å². The molecular weight excluding hydrogens is 346 g/mol. The van der Waals surface area contributed by atoms with Crippen molar-refractivity contribution < 1.29 is 18.8 Å². The Bertz CT molecular complexity index is 1050. The summed E-state index contributed by atoms with van der Waals surface area (Å²) in [4.78, 5) is 42.2. The Morgan fingerprint density at radius 1 is 1.19 bits per heavy atom. The maximum absolute atomic E-state index is 12.9. The molecule has 4 rings (SSSR count). The molecule has 1 aromatic carbocycles. The summed E-state index contributed by atoms with van der Waals surface area (Å²) in [6.07, 6.45) is 5.96. The first-order valence-corrected chi connectivity index (χ1v) is 8.63. The minimum absolute atomic E-state index is 0.0558. The number of nitrogens with zero attached hydrogens (tertiary/aromatic N) is 2. The summed E-state index contributed by atoms with van der Waals surface area (Å²) in [5, 5.41) is 2.80. The third-order valence-corrected chi connectivity index (χ3v) is 4.60. The SMILES string of the molecule is Cc1oc2c(c1C(=O)NCCCn1ccnc1)C(=O)c1ccccc1C2=O. The molecule has 0 spiro atoms. The van der Waals surface area contributed by atoms with E-state index in [0.29, 0.717) is 30.6 Å². The predicted molar refractivity (Wildman–Crippen MR) is 95.9 cm³/mol. The lowest BCUT2D eigenvalue weighted by atomic mass is 9.86. The monoisotopic (exact) mass is 363 g/mol. The van der Waals surface area contributed by atoms with Gasteiger partial charge in [0.1, 0.15) is 5.76 Å². The number of imidazole rings is 1. The average Bonchev–Trinajstić information content (AvgIpc) is 3.31. The van der Waals surface area contributed by atoms with Crippen LogP contribution in [0.4, 0.5) is 0 Å². The van der Waals surface area contributed by atoms with Gasteiger partial charge in [0.05, 0.1) is 17.5 Å². The van der Waals surface area contributed by atoms with Crippen molar-refractivity contribution in [2.24, 2.45) is 0 Å². The van der Waals surface area contributed by atoms with Gasteiger partial charge in [0, 0.05) is 36.6 Å². The van der Waals surface area contributed by atoms with Crippen LogP contribution < -0.4 is 5.32 Å². The van der Waals surface area contributed by atoms with Crippen LogP contribution in [-0.4, -0.2) is 33.6 Å². The number of hydrogen-bond donors (Lipinski definition) is 1. The molecule has 0 saturated heterocycles. The summed E-state index contributed by atoms with van der Waals surface area (Å²) in [5.41, 5.74) is 0.796. The summed E-state index contributed by atoms with van der Waals surface area (Å²) in [6, 6.07) is 6.57. The van der Waals surface area contributed by atoms with Gasteiger partial charge in [-0.2, -0.15) is 0 Å². The summed E-state index contributed by atoms with van der Waals surface area (Å²) in [5.74, 6) is -0.937. The summed E-state index contributed by atoms with van der Waals surface area (Å²) in [6.45, 7) is 2.73. The number of aromatic nitrogens is 2. The zero-order valence-corrected chi connectivity index (χ0v) is 14.7. The highest BCUT2D eigenvalue weighted by atomic mass is 16.4. The number of carbonyl (C=O) groups is 3. The third kappa shape index (κ3) is 2.87. The number of hydrogen-bond acceptors (Lipinski definition) is 5. The number of aryl methyl sites for hydroxylation is 2. The van der Waals surface area contributed by atoms with Crippen molar-refractivity contribution in [3.05, 3.63) is 76.8 Å². The number of nitrogens with one attached hydrogen (secondary N) is 1. The van der Waals surface area contributed by atoms with Crippen molar-refractivity contribution in [2.75, 3.05) is 6.54 Å². The van der Waals surface area contributed by atoms with Crippen LogP contribution in [0.5, 0.6) is 0 Å². The van der Waals surface area contributed by atoms with E-state index in [9.17, 15) is 14.4 Å². The van der Waals surface area contributed by atoms with E-state index in [2.05, 4.69) is 10.3 Å². The number of furan rings is 1. The quantitative estimate of drug-likeness (QED) is 0.550. The molecule has 1 N–H and O–H groups in total. The second-order valence-electron chi connectivity index (χ2n) is 6.35. The average molecular weight is 363 g/mol. The van der Waals surface area contributed by atoms with Crippen LogP contribution in [-0.2, 0) is 6.54 Å². The van der Waals surface area contributed by atoms with Gasteiger partial charge in [-0.3, -0.25) is 14.4 Å². The van der Waals surface area contributed by atoms with Crippen LogP contribution >= 0.6 is 0 Å². The number of carbonyl (C=O) groups excluding carboxylic acids is 3. The van der Waals surface area contributed by atoms with Gasteiger partial charge in [0.15, 0.2) is 11.5 Å². The zero-order chi connectivity index (χ0) is 19.0. The Morgan fingerprint density at radius 3 is 2.63 bits per heavy atom. The van der Waals surface area contributed by atoms with Crippen molar-refractivity contribution in [2.45, 2.75) is 19.9 Å². The van der Waals surface area contributed by atoms with E-state index in [1.54, 1.807) is 43.7 Å². The van der Waals surface area contributed by atoms with E-state index in [1.807, 2.05) is 10.8 Å². The van der Waals surface area contributed by atoms with E-state index in [-0.39, 0.29) is 34.2 Å². The van der Waals surface area contributed by atoms with E-state index >= 15 is 0 Å². The Hall–Kier alpha value is -3.48.